The molecule has 0 saturated carbocycles. The van der Waals surface area contributed by atoms with Crippen molar-refractivity contribution in [3.8, 4) is 0 Å². The minimum atomic E-state index is -0.357. The van der Waals surface area contributed by atoms with Crippen molar-refractivity contribution >= 4 is 23.4 Å². The molecule has 5 nitrogen and oxygen atoms in total. The summed E-state index contributed by atoms with van der Waals surface area (Å²) in [4.78, 5) is 31.0. The number of hydrogen-bond acceptors (Lipinski definition) is 3. The van der Waals surface area contributed by atoms with Crippen LogP contribution in [0.25, 0.3) is 0 Å². The zero-order chi connectivity index (χ0) is 20.3. The molecule has 0 bridgehead atoms. The van der Waals surface area contributed by atoms with Crippen LogP contribution >= 0.6 is 11.6 Å². The van der Waals surface area contributed by atoms with Gasteiger partial charge in [0.25, 0.3) is 0 Å². The molecule has 6 heteroatoms. The maximum absolute atomic E-state index is 13.7. The van der Waals surface area contributed by atoms with Crippen LogP contribution in [-0.4, -0.2) is 60.5 Å². The molecule has 3 aliphatic heterocycles. The maximum atomic E-state index is 13.7. The Morgan fingerprint density at radius 2 is 1.79 bits per heavy atom. The molecule has 0 aromatic heterocycles. The number of likely N-dealkylation sites (tertiary alicyclic amines) is 2. The van der Waals surface area contributed by atoms with Gasteiger partial charge in [0.05, 0.1) is 6.42 Å². The summed E-state index contributed by atoms with van der Waals surface area (Å²) >= 11 is 6.11. The molecule has 1 aromatic rings. The summed E-state index contributed by atoms with van der Waals surface area (Å²) in [5, 5.41) is 0.635. The van der Waals surface area contributed by atoms with E-state index in [9.17, 15) is 9.59 Å². The highest BCUT2D eigenvalue weighted by atomic mass is 35.5. The second-order valence-corrected chi connectivity index (χ2v) is 9.20. The lowest BCUT2D eigenvalue weighted by atomic mass is 9.67. The van der Waals surface area contributed by atoms with Crippen molar-refractivity contribution in [2.24, 2.45) is 5.41 Å². The SMILES string of the molecule is O=C(C1N(C(=O)Cc2cccc(Cl)c2)CCCC12CCOCC2)N1CCCCC1. The van der Waals surface area contributed by atoms with E-state index >= 15 is 0 Å². The Labute approximate surface area is 178 Å². The molecule has 1 aromatic carbocycles. The van der Waals surface area contributed by atoms with Gasteiger partial charge in [0.2, 0.25) is 11.8 Å². The van der Waals surface area contributed by atoms with Crippen LogP contribution in [0.5, 0.6) is 0 Å². The summed E-state index contributed by atoms with van der Waals surface area (Å²) in [7, 11) is 0. The average molecular weight is 419 g/mol. The van der Waals surface area contributed by atoms with Crippen LogP contribution in [0.15, 0.2) is 24.3 Å². The summed E-state index contributed by atoms with van der Waals surface area (Å²) in [6.45, 7) is 3.66. The van der Waals surface area contributed by atoms with E-state index in [1.807, 2.05) is 34.1 Å². The van der Waals surface area contributed by atoms with E-state index in [4.69, 9.17) is 16.3 Å². The van der Waals surface area contributed by atoms with Gasteiger partial charge < -0.3 is 14.5 Å². The van der Waals surface area contributed by atoms with Crippen molar-refractivity contribution in [2.45, 2.75) is 57.4 Å². The fraction of sp³-hybridized carbons (Fsp3) is 0.652. The predicted octanol–water partition coefficient (Wildman–Crippen LogP) is 3.68. The molecule has 1 atom stereocenters. The predicted molar refractivity (Wildman–Crippen MR) is 113 cm³/mol. The third kappa shape index (κ3) is 4.46. The number of halogens is 1. The van der Waals surface area contributed by atoms with Crippen LogP contribution in [0.1, 0.15) is 50.5 Å². The van der Waals surface area contributed by atoms with Crippen LogP contribution < -0.4 is 0 Å². The first-order valence-electron chi connectivity index (χ1n) is 11.0. The molecule has 0 aliphatic carbocycles. The number of benzene rings is 1. The van der Waals surface area contributed by atoms with E-state index in [1.165, 1.54) is 6.42 Å². The molecule has 158 valence electrons. The highest BCUT2D eigenvalue weighted by Crippen LogP contribution is 2.45. The van der Waals surface area contributed by atoms with Gasteiger partial charge in [-0.15, -0.1) is 0 Å². The van der Waals surface area contributed by atoms with Crippen molar-refractivity contribution in [3.63, 3.8) is 0 Å². The fourth-order valence-corrected chi connectivity index (χ4v) is 5.59. The lowest BCUT2D eigenvalue weighted by molar-refractivity contribution is -0.161. The summed E-state index contributed by atoms with van der Waals surface area (Å²) in [6.07, 6.45) is 7.26. The van der Waals surface area contributed by atoms with Crippen molar-refractivity contribution < 1.29 is 14.3 Å². The fourth-order valence-electron chi connectivity index (χ4n) is 5.37. The minimum Gasteiger partial charge on any atom is -0.381 e. The van der Waals surface area contributed by atoms with Gasteiger partial charge in [-0.05, 0) is 62.6 Å². The molecule has 1 spiro atoms. The molecular weight excluding hydrogens is 388 g/mol. The molecule has 0 radical (unpaired) electrons. The van der Waals surface area contributed by atoms with Gasteiger partial charge in [-0.25, -0.2) is 0 Å². The van der Waals surface area contributed by atoms with Gasteiger partial charge in [-0.1, -0.05) is 23.7 Å². The van der Waals surface area contributed by atoms with E-state index in [1.54, 1.807) is 0 Å². The number of carbonyl (C=O) groups is 2. The largest absolute Gasteiger partial charge is 0.381 e. The first-order valence-corrected chi connectivity index (χ1v) is 11.4. The number of nitrogens with zero attached hydrogens (tertiary/aromatic N) is 2. The summed E-state index contributed by atoms with van der Waals surface area (Å²) in [5.74, 6) is 0.193. The second kappa shape index (κ2) is 9.05. The standard InChI is InChI=1S/C23H31ClN2O3/c24-19-7-4-6-18(16-19)17-20(27)26-13-5-8-23(9-14-29-15-10-23)21(26)22(28)25-11-2-1-3-12-25/h4,6-7,16,21H,1-3,5,8-15,17H2. The van der Waals surface area contributed by atoms with Crippen molar-refractivity contribution in [3.05, 3.63) is 34.9 Å². The first kappa shape index (κ1) is 20.7. The maximum Gasteiger partial charge on any atom is 0.245 e. The van der Waals surface area contributed by atoms with Gasteiger partial charge in [0.15, 0.2) is 0 Å². The number of rotatable bonds is 3. The molecule has 3 aliphatic rings. The van der Waals surface area contributed by atoms with Crippen molar-refractivity contribution in [1.82, 2.24) is 9.80 Å². The molecule has 3 saturated heterocycles. The highest BCUT2D eigenvalue weighted by molar-refractivity contribution is 6.30. The van der Waals surface area contributed by atoms with E-state index in [-0.39, 0.29) is 29.7 Å². The molecule has 0 N–H and O–H groups in total. The van der Waals surface area contributed by atoms with Crippen LogP contribution in [0.2, 0.25) is 5.02 Å². The lowest BCUT2D eigenvalue weighted by Gasteiger charge is -2.52. The van der Waals surface area contributed by atoms with E-state index in [0.29, 0.717) is 24.8 Å². The van der Waals surface area contributed by atoms with Crippen LogP contribution in [0.3, 0.4) is 0 Å². The zero-order valence-electron chi connectivity index (χ0n) is 17.1. The second-order valence-electron chi connectivity index (χ2n) is 8.76. The Morgan fingerprint density at radius 3 is 2.52 bits per heavy atom. The molecular formula is C23H31ClN2O3. The van der Waals surface area contributed by atoms with Gasteiger partial charge in [-0.3, -0.25) is 9.59 Å². The van der Waals surface area contributed by atoms with E-state index in [0.717, 1.165) is 57.2 Å². The summed E-state index contributed by atoms with van der Waals surface area (Å²) < 4.78 is 5.63. The van der Waals surface area contributed by atoms with Crippen molar-refractivity contribution in [2.75, 3.05) is 32.8 Å². The zero-order valence-corrected chi connectivity index (χ0v) is 17.8. The smallest absolute Gasteiger partial charge is 0.245 e. The van der Waals surface area contributed by atoms with Gasteiger partial charge in [0.1, 0.15) is 6.04 Å². The van der Waals surface area contributed by atoms with Crippen LogP contribution in [-0.2, 0) is 20.7 Å². The van der Waals surface area contributed by atoms with Crippen molar-refractivity contribution in [1.29, 1.82) is 0 Å². The Bertz CT molecular complexity index is 736. The van der Waals surface area contributed by atoms with Gasteiger partial charge >= 0.3 is 0 Å². The number of ether oxygens (including phenoxy) is 1. The number of carbonyl (C=O) groups excluding carboxylic acids is 2. The summed E-state index contributed by atoms with van der Waals surface area (Å²) in [5.41, 5.74) is 0.757. The molecule has 2 amide bonds. The number of hydrogen-bond donors (Lipinski definition) is 0. The van der Waals surface area contributed by atoms with E-state index in [2.05, 4.69) is 0 Å². The minimum absolute atomic E-state index is 0.0354. The third-order valence-corrected chi connectivity index (χ3v) is 7.16. The van der Waals surface area contributed by atoms with Gasteiger partial charge in [0, 0.05) is 43.3 Å². The quantitative estimate of drug-likeness (QED) is 0.752. The third-order valence-electron chi connectivity index (χ3n) is 6.92. The number of amides is 2. The molecule has 4 rings (SSSR count). The number of piperidine rings is 2. The molecule has 3 heterocycles. The Kier molecular flexibility index (Phi) is 6.45. The molecule has 3 fully saturated rings. The summed E-state index contributed by atoms with van der Waals surface area (Å²) in [6, 6.07) is 7.10. The van der Waals surface area contributed by atoms with E-state index < -0.39 is 0 Å². The Morgan fingerprint density at radius 1 is 1.03 bits per heavy atom. The van der Waals surface area contributed by atoms with Gasteiger partial charge in [-0.2, -0.15) is 0 Å². The molecule has 1 unspecified atom stereocenters. The normalized spacial score (nSPS) is 24.5. The van der Waals surface area contributed by atoms with Crippen LogP contribution in [0, 0.1) is 5.41 Å². The van der Waals surface area contributed by atoms with Crippen LogP contribution in [0.4, 0.5) is 0 Å². The Hall–Kier alpha value is -1.59. The Balaban J connectivity index is 1.60. The lowest BCUT2D eigenvalue weighted by Crippen LogP contribution is -2.63. The average Bonchev–Trinajstić information content (AvgIpc) is 2.74. The highest BCUT2D eigenvalue weighted by Gasteiger charge is 2.51. The topological polar surface area (TPSA) is 49.9 Å². The first-order chi connectivity index (χ1) is 14.1. The molecule has 29 heavy (non-hydrogen) atoms. The monoisotopic (exact) mass is 418 g/mol.